The first kappa shape index (κ1) is 22.5. The summed E-state index contributed by atoms with van der Waals surface area (Å²) in [5, 5.41) is 12.5. The van der Waals surface area contributed by atoms with Crippen LogP contribution in [-0.2, 0) is 0 Å². The van der Waals surface area contributed by atoms with Crippen molar-refractivity contribution < 1.29 is 32.2 Å². The summed E-state index contributed by atoms with van der Waals surface area (Å²) in [7, 11) is 0. The van der Waals surface area contributed by atoms with Crippen molar-refractivity contribution in [3.05, 3.63) is 72.2 Å². The van der Waals surface area contributed by atoms with Gasteiger partial charge in [-0.3, -0.25) is 4.79 Å². The number of nitrogens with zero attached hydrogens (tertiary/aromatic N) is 2. The quantitative estimate of drug-likeness (QED) is 0.543. The van der Waals surface area contributed by atoms with Gasteiger partial charge in [0.2, 0.25) is 0 Å². The number of amides is 1. The third-order valence-electron chi connectivity index (χ3n) is 5.07. The molecule has 0 aliphatic carbocycles. The Morgan fingerprint density at radius 2 is 1.91 bits per heavy atom. The molecule has 1 amide bonds. The molecule has 0 spiro atoms. The van der Waals surface area contributed by atoms with Gasteiger partial charge in [0.25, 0.3) is 5.91 Å². The summed E-state index contributed by atoms with van der Waals surface area (Å²) in [5.41, 5.74) is 1.47. The van der Waals surface area contributed by atoms with Crippen LogP contribution in [0.3, 0.4) is 0 Å². The number of halogens is 4. The zero-order chi connectivity index (χ0) is 23.6. The maximum Gasteiger partial charge on any atom is 0.573 e. The third kappa shape index (κ3) is 5.58. The van der Waals surface area contributed by atoms with Crippen LogP contribution >= 0.6 is 0 Å². The van der Waals surface area contributed by atoms with Crippen molar-refractivity contribution in [1.29, 1.82) is 0 Å². The lowest BCUT2D eigenvalue weighted by Crippen LogP contribution is -2.23. The molecule has 2 heterocycles. The number of aliphatic hydroxyl groups is 1. The Bertz CT molecular complexity index is 1150. The van der Waals surface area contributed by atoms with Crippen LogP contribution in [0.15, 0.2) is 60.8 Å². The lowest BCUT2D eigenvalue weighted by molar-refractivity contribution is -0.274. The van der Waals surface area contributed by atoms with Gasteiger partial charge in [0, 0.05) is 30.5 Å². The molecule has 6 nitrogen and oxygen atoms in total. The second kappa shape index (κ2) is 9.07. The SMILES string of the molecule is O=C(Nc1ccc(OC(F)(F)F)cc1)c1cnc(N2CCC(O)C2)c(-c2cccc(F)c2)c1. The highest BCUT2D eigenvalue weighted by Crippen LogP contribution is 2.32. The van der Waals surface area contributed by atoms with Gasteiger partial charge in [0.15, 0.2) is 0 Å². The van der Waals surface area contributed by atoms with Crippen LogP contribution in [0.25, 0.3) is 11.1 Å². The van der Waals surface area contributed by atoms with E-state index >= 15 is 0 Å². The highest BCUT2D eigenvalue weighted by molar-refractivity contribution is 6.05. The van der Waals surface area contributed by atoms with Crippen LogP contribution in [0.2, 0.25) is 0 Å². The molecular formula is C23H19F4N3O3. The second-order valence-corrected chi connectivity index (χ2v) is 7.52. The van der Waals surface area contributed by atoms with Gasteiger partial charge in [-0.05, 0) is 54.4 Å². The maximum absolute atomic E-state index is 13.9. The molecule has 3 aromatic rings. The van der Waals surface area contributed by atoms with E-state index in [2.05, 4.69) is 15.0 Å². The third-order valence-corrected chi connectivity index (χ3v) is 5.07. The molecule has 1 saturated heterocycles. The predicted molar refractivity (Wildman–Crippen MR) is 114 cm³/mol. The average Bonchev–Trinajstić information content (AvgIpc) is 3.20. The fourth-order valence-corrected chi connectivity index (χ4v) is 3.58. The number of nitrogens with one attached hydrogen (secondary N) is 1. The average molecular weight is 461 g/mol. The number of carbonyl (C=O) groups excluding carboxylic acids is 1. The van der Waals surface area contributed by atoms with E-state index in [1.165, 1.54) is 30.5 Å². The molecule has 1 aromatic heterocycles. The Morgan fingerprint density at radius 3 is 2.55 bits per heavy atom. The number of rotatable bonds is 5. The van der Waals surface area contributed by atoms with Crippen LogP contribution in [-0.4, -0.2) is 41.6 Å². The second-order valence-electron chi connectivity index (χ2n) is 7.52. The number of hydrogen-bond donors (Lipinski definition) is 2. The molecule has 1 aliphatic rings. The predicted octanol–water partition coefficient (Wildman–Crippen LogP) is 4.61. The van der Waals surface area contributed by atoms with E-state index in [0.717, 1.165) is 12.1 Å². The summed E-state index contributed by atoms with van der Waals surface area (Å²) in [6.45, 7) is 0.932. The molecule has 2 aromatic carbocycles. The number of hydrogen-bond acceptors (Lipinski definition) is 5. The standard InChI is InChI=1S/C23H19F4N3O3/c24-16-3-1-2-14(10-16)20-11-15(12-28-21(20)30-9-8-18(31)13-30)22(32)29-17-4-6-19(7-5-17)33-23(25,26)27/h1-7,10-12,18,31H,8-9,13H2,(H,29,32). The molecule has 1 aliphatic heterocycles. The number of anilines is 2. The van der Waals surface area contributed by atoms with E-state index in [1.807, 2.05) is 4.90 Å². The minimum absolute atomic E-state index is 0.174. The van der Waals surface area contributed by atoms with Crippen LogP contribution < -0.4 is 15.0 Å². The number of pyridine rings is 1. The molecule has 10 heteroatoms. The number of aliphatic hydroxyl groups excluding tert-OH is 1. The van der Waals surface area contributed by atoms with Gasteiger partial charge in [-0.25, -0.2) is 9.37 Å². The van der Waals surface area contributed by atoms with Crippen LogP contribution in [0.4, 0.5) is 29.1 Å². The van der Waals surface area contributed by atoms with Gasteiger partial charge in [0.05, 0.1) is 11.7 Å². The van der Waals surface area contributed by atoms with E-state index < -0.39 is 29.9 Å². The number of aromatic nitrogens is 1. The lowest BCUT2D eigenvalue weighted by atomic mass is 10.0. The van der Waals surface area contributed by atoms with Crippen molar-refractivity contribution in [1.82, 2.24) is 4.98 Å². The summed E-state index contributed by atoms with van der Waals surface area (Å²) < 4.78 is 54.6. The van der Waals surface area contributed by atoms with Crippen LogP contribution in [0.1, 0.15) is 16.8 Å². The molecule has 2 N–H and O–H groups in total. The summed E-state index contributed by atoms with van der Waals surface area (Å²) >= 11 is 0. The summed E-state index contributed by atoms with van der Waals surface area (Å²) in [6, 6.07) is 12.2. The number of alkyl halides is 3. The molecule has 1 atom stereocenters. The van der Waals surface area contributed by atoms with Crippen molar-refractivity contribution in [2.75, 3.05) is 23.3 Å². The zero-order valence-corrected chi connectivity index (χ0v) is 17.1. The van der Waals surface area contributed by atoms with E-state index in [1.54, 1.807) is 18.2 Å². The number of ether oxygens (including phenoxy) is 1. The molecule has 4 rings (SSSR count). The van der Waals surface area contributed by atoms with Gasteiger partial charge in [-0.15, -0.1) is 13.2 Å². The summed E-state index contributed by atoms with van der Waals surface area (Å²) in [6.07, 6.45) is -3.38. The Balaban J connectivity index is 1.60. The summed E-state index contributed by atoms with van der Waals surface area (Å²) in [5.74, 6) is -0.886. The fourth-order valence-electron chi connectivity index (χ4n) is 3.58. The fraction of sp³-hybridized carbons (Fsp3) is 0.217. The van der Waals surface area contributed by atoms with E-state index in [-0.39, 0.29) is 11.3 Å². The van der Waals surface area contributed by atoms with Gasteiger partial charge >= 0.3 is 6.36 Å². The van der Waals surface area contributed by atoms with Crippen molar-refractivity contribution in [3.63, 3.8) is 0 Å². The molecular weight excluding hydrogens is 442 g/mol. The first-order chi connectivity index (χ1) is 15.7. The van der Waals surface area contributed by atoms with E-state index in [9.17, 15) is 27.5 Å². The molecule has 0 radical (unpaired) electrons. The normalized spacial score (nSPS) is 16.0. The van der Waals surface area contributed by atoms with Crippen LogP contribution in [0.5, 0.6) is 5.75 Å². The molecule has 33 heavy (non-hydrogen) atoms. The number of carbonyl (C=O) groups is 1. The molecule has 0 saturated carbocycles. The minimum atomic E-state index is -4.81. The minimum Gasteiger partial charge on any atom is -0.406 e. The number of benzene rings is 2. The van der Waals surface area contributed by atoms with Gasteiger partial charge < -0.3 is 20.1 Å². The van der Waals surface area contributed by atoms with Crippen molar-refractivity contribution >= 4 is 17.4 Å². The Morgan fingerprint density at radius 1 is 1.15 bits per heavy atom. The Hall–Kier alpha value is -3.66. The van der Waals surface area contributed by atoms with Crippen molar-refractivity contribution in [3.8, 4) is 16.9 Å². The maximum atomic E-state index is 13.9. The summed E-state index contributed by atoms with van der Waals surface area (Å²) in [4.78, 5) is 19.0. The Kier molecular flexibility index (Phi) is 6.19. The Labute approximate surface area is 186 Å². The first-order valence-corrected chi connectivity index (χ1v) is 10.0. The zero-order valence-electron chi connectivity index (χ0n) is 17.1. The van der Waals surface area contributed by atoms with Gasteiger partial charge in [0.1, 0.15) is 17.4 Å². The smallest absolute Gasteiger partial charge is 0.406 e. The first-order valence-electron chi connectivity index (χ1n) is 10.0. The number of β-amino-alcohol motifs (C(OH)–C–C–N with tert-alkyl or cyclic N) is 1. The van der Waals surface area contributed by atoms with Gasteiger partial charge in [-0.1, -0.05) is 12.1 Å². The van der Waals surface area contributed by atoms with Crippen LogP contribution in [0, 0.1) is 5.82 Å². The molecule has 1 fully saturated rings. The van der Waals surface area contributed by atoms with Gasteiger partial charge in [-0.2, -0.15) is 0 Å². The molecule has 1 unspecified atom stereocenters. The van der Waals surface area contributed by atoms with E-state index in [0.29, 0.717) is 36.5 Å². The monoisotopic (exact) mass is 461 g/mol. The van der Waals surface area contributed by atoms with E-state index in [4.69, 9.17) is 0 Å². The topological polar surface area (TPSA) is 74.7 Å². The highest BCUT2D eigenvalue weighted by Gasteiger charge is 2.31. The lowest BCUT2D eigenvalue weighted by Gasteiger charge is -2.21. The largest absolute Gasteiger partial charge is 0.573 e. The highest BCUT2D eigenvalue weighted by atomic mass is 19.4. The molecule has 172 valence electrons. The van der Waals surface area contributed by atoms with Crippen molar-refractivity contribution in [2.24, 2.45) is 0 Å². The molecule has 0 bridgehead atoms. The van der Waals surface area contributed by atoms with Crippen molar-refractivity contribution in [2.45, 2.75) is 18.9 Å².